The second-order valence-corrected chi connectivity index (χ2v) is 6.80. The Labute approximate surface area is 159 Å². The van der Waals surface area contributed by atoms with Gasteiger partial charge in [-0.05, 0) is 26.2 Å². The molecule has 142 valence electrons. The lowest BCUT2D eigenvalue weighted by molar-refractivity contribution is 0.0946. The highest BCUT2D eigenvalue weighted by Gasteiger charge is 2.14. The number of anilines is 1. The monoisotopic (exact) mass is 388 g/mol. The minimum Gasteiger partial charge on any atom is -0.367 e. The Morgan fingerprint density at radius 1 is 1.33 bits per heavy atom. The van der Waals surface area contributed by atoms with E-state index in [2.05, 4.69) is 35.9 Å². The van der Waals surface area contributed by atoms with Crippen LogP contribution in [0, 0.1) is 0 Å². The summed E-state index contributed by atoms with van der Waals surface area (Å²) >= 11 is 1.45. The molecule has 3 rings (SSSR count). The highest BCUT2D eigenvalue weighted by Crippen LogP contribution is 2.23. The SMILES string of the molecule is CSc1nc(NC(C)C)c2cnn(CCNC(=O)c3ccc(=O)[nH]n3)c2n1. The fourth-order valence-corrected chi connectivity index (χ4v) is 2.77. The third-order valence-corrected chi connectivity index (χ3v) is 4.15. The van der Waals surface area contributed by atoms with E-state index in [-0.39, 0.29) is 23.2 Å². The third kappa shape index (κ3) is 4.42. The molecule has 3 aromatic heterocycles. The second kappa shape index (κ2) is 8.16. The van der Waals surface area contributed by atoms with Crippen LogP contribution in [0.15, 0.2) is 28.3 Å². The second-order valence-electron chi connectivity index (χ2n) is 6.03. The molecule has 11 heteroatoms. The summed E-state index contributed by atoms with van der Waals surface area (Å²) < 4.78 is 1.73. The maximum absolute atomic E-state index is 12.1. The topological polar surface area (TPSA) is 130 Å². The molecule has 0 spiro atoms. The minimum absolute atomic E-state index is 0.148. The van der Waals surface area contributed by atoms with Crippen LogP contribution in [0.5, 0.6) is 0 Å². The number of nitrogens with one attached hydrogen (secondary N) is 3. The van der Waals surface area contributed by atoms with Gasteiger partial charge in [-0.2, -0.15) is 10.2 Å². The summed E-state index contributed by atoms with van der Waals surface area (Å²) in [6, 6.07) is 2.86. The molecule has 3 aromatic rings. The van der Waals surface area contributed by atoms with Crippen LogP contribution in [0.2, 0.25) is 0 Å². The van der Waals surface area contributed by atoms with Gasteiger partial charge < -0.3 is 10.6 Å². The molecule has 0 saturated carbocycles. The summed E-state index contributed by atoms with van der Waals surface area (Å²) in [5, 5.41) is 17.8. The molecule has 0 aliphatic rings. The number of amides is 1. The van der Waals surface area contributed by atoms with E-state index >= 15 is 0 Å². The molecule has 0 atom stereocenters. The van der Waals surface area contributed by atoms with Gasteiger partial charge in [0.05, 0.1) is 18.1 Å². The highest BCUT2D eigenvalue weighted by atomic mass is 32.2. The van der Waals surface area contributed by atoms with Crippen molar-refractivity contribution in [1.82, 2.24) is 35.3 Å². The number of hydrogen-bond acceptors (Lipinski definition) is 8. The van der Waals surface area contributed by atoms with Gasteiger partial charge in [-0.25, -0.2) is 19.7 Å². The lowest BCUT2D eigenvalue weighted by Gasteiger charge is -2.11. The number of carbonyl (C=O) groups excluding carboxylic acids is 1. The zero-order valence-electron chi connectivity index (χ0n) is 15.2. The first-order chi connectivity index (χ1) is 13.0. The molecule has 0 unspecified atom stereocenters. The maximum atomic E-state index is 12.1. The van der Waals surface area contributed by atoms with Crippen LogP contribution in [0.3, 0.4) is 0 Å². The predicted octanol–water partition coefficient (Wildman–Crippen LogP) is 0.882. The van der Waals surface area contributed by atoms with Crippen LogP contribution >= 0.6 is 11.8 Å². The average molecular weight is 388 g/mol. The van der Waals surface area contributed by atoms with Gasteiger partial charge in [0.2, 0.25) is 0 Å². The molecule has 0 fully saturated rings. The summed E-state index contributed by atoms with van der Waals surface area (Å²) in [7, 11) is 0. The first kappa shape index (κ1) is 18.8. The predicted molar refractivity (Wildman–Crippen MR) is 103 cm³/mol. The third-order valence-electron chi connectivity index (χ3n) is 3.60. The van der Waals surface area contributed by atoms with E-state index in [4.69, 9.17) is 0 Å². The number of H-pyrrole nitrogens is 1. The van der Waals surface area contributed by atoms with E-state index in [1.165, 1.54) is 23.9 Å². The molecule has 0 aliphatic heterocycles. The highest BCUT2D eigenvalue weighted by molar-refractivity contribution is 7.98. The van der Waals surface area contributed by atoms with Gasteiger partial charge in [-0.15, -0.1) is 0 Å². The summed E-state index contributed by atoms with van der Waals surface area (Å²) in [6.07, 6.45) is 3.63. The van der Waals surface area contributed by atoms with E-state index in [1.54, 1.807) is 10.9 Å². The van der Waals surface area contributed by atoms with Crippen molar-refractivity contribution in [3.63, 3.8) is 0 Å². The molecule has 0 aromatic carbocycles. The first-order valence-corrected chi connectivity index (χ1v) is 9.58. The van der Waals surface area contributed by atoms with Gasteiger partial charge in [0.1, 0.15) is 11.5 Å². The summed E-state index contributed by atoms with van der Waals surface area (Å²) in [5.41, 5.74) is 0.494. The molecule has 3 N–H and O–H groups in total. The number of aromatic amines is 1. The van der Waals surface area contributed by atoms with Crippen molar-refractivity contribution in [3.05, 3.63) is 34.4 Å². The Balaban J connectivity index is 1.74. The van der Waals surface area contributed by atoms with E-state index in [0.717, 1.165) is 11.2 Å². The Morgan fingerprint density at radius 2 is 2.15 bits per heavy atom. The normalized spacial score (nSPS) is 11.1. The van der Waals surface area contributed by atoms with Crippen molar-refractivity contribution < 1.29 is 4.79 Å². The standard InChI is InChI=1S/C16H20N8O2S/c1-9(2)19-13-10-8-18-24(14(10)21-16(20-13)27-3)7-6-17-15(26)11-4-5-12(25)23-22-11/h4-5,8-9H,6-7H2,1-3H3,(H,17,26)(H,23,25)(H,19,20,21). The van der Waals surface area contributed by atoms with Crippen LogP contribution in [0.25, 0.3) is 11.0 Å². The van der Waals surface area contributed by atoms with Crippen LogP contribution in [0.1, 0.15) is 24.3 Å². The molecular formula is C16H20N8O2S. The number of carbonyl (C=O) groups is 1. The molecule has 1 amide bonds. The van der Waals surface area contributed by atoms with Gasteiger partial charge in [0, 0.05) is 18.7 Å². The summed E-state index contributed by atoms with van der Waals surface area (Å²) in [5.74, 6) is 0.372. The number of rotatable bonds is 7. The Bertz CT molecular complexity index is 993. The molecular weight excluding hydrogens is 368 g/mol. The van der Waals surface area contributed by atoms with E-state index < -0.39 is 0 Å². The van der Waals surface area contributed by atoms with Gasteiger partial charge in [-0.3, -0.25) is 9.59 Å². The lowest BCUT2D eigenvalue weighted by atomic mass is 10.3. The first-order valence-electron chi connectivity index (χ1n) is 8.36. The van der Waals surface area contributed by atoms with E-state index in [9.17, 15) is 9.59 Å². The lowest BCUT2D eigenvalue weighted by Crippen LogP contribution is -2.29. The van der Waals surface area contributed by atoms with Crippen LogP contribution in [-0.2, 0) is 6.54 Å². The zero-order chi connectivity index (χ0) is 19.4. The molecule has 3 heterocycles. The Hall–Kier alpha value is -2.95. The van der Waals surface area contributed by atoms with Crippen LogP contribution < -0.4 is 16.2 Å². The Morgan fingerprint density at radius 3 is 2.81 bits per heavy atom. The summed E-state index contributed by atoms with van der Waals surface area (Å²) in [4.78, 5) is 32.1. The number of thioether (sulfide) groups is 1. The van der Waals surface area contributed by atoms with Crippen molar-refractivity contribution in [3.8, 4) is 0 Å². The van der Waals surface area contributed by atoms with Gasteiger partial charge in [0.15, 0.2) is 10.8 Å². The van der Waals surface area contributed by atoms with Crippen molar-refractivity contribution in [2.45, 2.75) is 31.6 Å². The largest absolute Gasteiger partial charge is 0.367 e. The van der Waals surface area contributed by atoms with Crippen molar-refractivity contribution in [1.29, 1.82) is 0 Å². The average Bonchev–Trinajstić information content (AvgIpc) is 3.05. The van der Waals surface area contributed by atoms with Crippen molar-refractivity contribution in [2.24, 2.45) is 0 Å². The molecule has 0 radical (unpaired) electrons. The maximum Gasteiger partial charge on any atom is 0.271 e. The van der Waals surface area contributed by atoms with Crippen molar-refractivity contribution >= 4 is 34.5 Å². The van der Waals surface area contributed by atoms with E-state index in [1.807, 2.05) is 20.1 Å². The van der Waals surface area contributed by atoms with Crippen molar-refractivity contribution in [2.75, 3.05) is 18.1 Å². The summed E-state index contributed by atoms with van der Waals surface area (Å²) in [6.45, 7) is 4.85. The zero-order valence-corrected chi connectivity index (χ0v) is 16.0. The smallest absolute Gasteiger partial charge is 0.271 e. The molecule has 27 heavy (non-hydrogen) atoms. The quantitative estimate of drug-likeness (QED) is 0.402. The fraction of sp³-hybridized carbons (Fsp3) is 0.375. The van der Waals surface area contributed by atoms with Crippen LogP contribution in [-0.4, -0.2) is 54.7 Å². The molecule has 10 nitrogen and oxygen atoms in total. The van der Waals surface area contributed by atoms with E-state index in [0.29, 0.717) is 23.9 Å². The number of fused-ring (bicyclic) bond motifs is 1. The molecule has 0 aliphatic carbocycles. The number of hydrogen-bond donors (Lipinski definition) is 3. The number of nitrogens with zero attached hydrogens (tertiary/aromatic N) is 5. The van der Waals surface area contributed by atoms with Crippen LogP contribution in [0.4, 0.5) is 5.82 Å². The fourth-order valence-electron chi connectivity index (χ4n) is 2.41. The molecule has 0 saturated heterocycles. The Kier molecular flexibility index (Phi) is 5.69. The number of aromatic nitrogens is 6. The molecule has 0 bridgehead atoms. The van der Waals surface area contributed by atoms with Gasteiger partial charge >= 0.3 is 0 Å². The van der Waals surface area contributed by atoms with Gasteiger partial charge in [0.25, 0.3) is 11.5 Å². The van der Waals surface area contributed by atoms with Gasteiger partial charge in [-0.1, -0.05) is 11.8 Å². The minimum atomic E-state index is -0.371.